The lowest BCUT2D eigenvalue weighted by molar-refractivity contribution is -0.371. The van der Waals surface area contributed by atoms with E-state index in [1.165, 1.54) is 6.07 Å². The fourth-order valence-corrected chi connectivity index (χ4v) is 9.77. The van der Waals surface area contributed by atoms with Crippen molar-refractivity contribution >= 4 is 23.3 Å². The number of aromatic hydroxyl groups is 3. The molecule has 6 aliphatic rings. The number of nitrogens with zero attached hydrogens (tertiary/aromatic N) is 1. The van der Waals surface area contributed by atoms with E-state index in [1.54, 1.807) is 13.8 Å². The molecule has 59 heavy (non-hydrogen) atoms. The number of ketones is 3. The standard InChI is InChI=1S/C42H51NO16/c1-8-42(51)15-27(30-19(34(42)40(50)52-7)11-20-31(36(30)48)37(49)33-23(45)10-9-22(44)32(33)35(20)47)57-28-12-21(43(5)6)38(17(3)53-28)58-29-14-25-39(18(4)54-29)59-41-26(56-25)13-24(46)16(2)55-41/h9-11,16-18,21,25-29,34,38-39,41,44-45,48,51H,8,12-15H2,1-7H3/t16-,17-,18-,21-,25+,26+,27+,28-,29+,34-,38-,39-,41+,42-/m1/s1. The summed E-state index contributed by atoms with van der Waals surface area (Å²) in [5.74, 6) is -5.88. The number of phenolic OH excluding ortho intramolecular Hbond substituents is 3. The Kier molecular flexibility index (Phi) is 10.9. The molecule has 2 aliphatic carbocycles. The Bertz CT molecular complexity index is 2050. The summed E-state index contributed by atoms with van der Waals surface area (Å²) in [6.45, 7) is 7.07. The molecule has 0 bridgehead atoms. The lowest BCUT2D eigenvalue weighted by atomic mass is 9.67. The van der Waals surface area contributed by atoms with Crippen molar-refractivity contribution in [3.05, 3.63) is 51.6 Å². The number of phenols is 3. The molecular formula is C42H51NO16. The number of hydrogen-bond acceptors (Lipinski definition) is 17. The molecule has 4 N–H and O–H groups in total. The van der Waals surface area contributed by atoms with Crippen LogP contribution in [0.3, 0.4) is 0 Å². The van der Waals surface area contributed by atoms with Gasteiger partial charge in [0.2, 0.25) is 5.78 Å². The Morgan fingerprint density at radius 3 is 2.19 bits per heavy atom. The van der Waals surface area contributed by atoms with Gasteiger partial charge < -0.3 is 63.2 Å². The summed E-state index contributed by atoms with van der Waals surface area (Å²) < 4.78 is 49.5. The molecule has 4 fully saturated rings. The first-order valence-electron chi connectivity index (χ1n) is 20.1. The van der Waals surface area contributed by atoms with Gasteiger partial charge in [-0.25, -0.2) is 0 Å². The monoisotopic (exact) mass is 825 g/mol. The number of benzene rings is 2. The third-order valence-corrected chi connectivity index (χ3v) is 12.9. The van der Waals surface area contributed by atoms with Gasteiger partial charge in [0.15, 0.2) is 30.4 Å². The maximum atomic E-state index is 14.0. The van der Waals surface area contributed by atoms with Crippen LogP contribution in [0.4, 0.5) is 0 Å². The molecule has 0 amide bonds. The number of rotatable bonds is 7. The van der Waals surface area contributed by atoms with E-state index in [2.05, 4.69) is 0 Å². The van der Waals surface area contributed by atoms with E-state index in [9.17, 15) is 39.6 Å². The minimum atomic E-state index is -1.80. The average Bonchev–Trinajstić information content (AvgIpc) is 3.18. The molecule has 17 heteroatoms. The zero-order valence-electron chi connectivity index (χ0n) is 33.9. The smallest absolute Gasteiger partial charge is 0.316 e. The maximum Gasteiger partial charge on any atom is 0.316 e. The van der Waals surface area contributed by atoms with Crippen LogP contribution in [-0.4, -0.2) is 143 Å². The van der Waals surface area contributed by atoms with E-state index < -0.39 is 131 Å². The van der Waals surface area contributed by atoms with Gasteiger partial charge in [0.05, 0.1) is 53.8 Å². The number of carbonyl (C=O) groups excluding carboxylic acids is 4. The lowest BCUT2D eigenvalue weighted by Crippen LogP contribution is -2.62. The highest BCUT2D eigenvalue weighted by Crippen LogP contribution is 2.54. The SMILES string of the molecule is CC[C@@]1(O)C[C@H](O[C@@H]2C[C@@H](N(C)C)[C@H](O[C@H]3C[C@@H]4O[C@H]5CC(=O)[C@@H](C)O[C@H]5O[C@@H]4[C@@H](C)O3)[C@@H](C)O2)c2c(cc3c(c2O)C(=O)c2c(O)ccc(O)c2C3=O)[C@@H]1C(=O)OC. The minimum Gasteiger partial charge on any atom is -0.507 e. The van der Waals surface area contributed by atoms with Crippen molar-refractivity contribution in [1.82, 2.24) is 4.90 Å². The molecule has 0 spiro atoms. The summed E-state index contributed by atoms with van der Waals surface area (Å²) in [5, 5.41) is 45.4. The Morgan fingerprint density at radius 1 is 0.864 bits per heavy atom. The molecule has 0 aromatic heterocycles. The van der Waals surface area contributed by atoms with Gasteiger partial charge in [-0.1, -0.05) is 6.92 Å². The summed E-state index contributed by atoms with van der Waals surface area (Å²) in [6.07, 6.45) is -6.48. The van der Waals surface area contributed by atoms with Gasteiger partial charge in [-0.15, -0.1) is 0 Å². The molecule has 14 atom stereocenters. The molecule has 2 aromatic rings. The first-order valence-corrected chi connectivity index (χ1v) is 20.1. The van der Waals surface area contributed by atoms with E-state index >= 15 is 0 Å². The van der Waals surface area contributed by atoms with Crippen LogP contribution in [0.25, 0.3) is 0 Å². The number of ether oxygens (including phenoxy) is 8. The van der Waals surface area contributed by atoms with Gasteiger partial charge >= 0.3 is 5.97 Å². The molecule has 4 heterocycles. The predicted octanol–water partition coefficient (Wildman–Crippen LogP) is 2.88. The fraction of sp³-hybridized carbons (Fsp3) is 0.619. The Hall–Kier alpha value is -4.04. The highest BCUT2D eigenvalue weighted by molar-refractivity contribution is 6.31. The first-order chi connectivity index (χ1) is 28.0. The second-order valence-electron chi connectivity index (χ2n) is 16.7. The lowest BCUT2D eigenvalue weighted by Gasteiger charge is -2.51. The van der Waals surface area contributed by atoms with Crippen LogP contribution in [0.5, 0.6) is 17.2 Å². The molecule has 4 saturated heterocycles. The maximum absolute atomic E-state index is 14.0. The Balaban J connectivity index is 1.07. The molecule has 320 valence electrons. The third-order valence-electron chi connectivity index (χ3n) is 12.9. The molecule has 0 radical (unpaired) electrons. The van der Waals surface area contributed by atoms with Crippen LogP contribution >= 0.6 is 0 Å². The summed E-state index contributed by atoms with van der Waals surface area (Å²) >= 11 is 0. The highest BCUT2D eigenvalue weighted by atomic mass is 16.8. The zero-order valence-corrected chi connectivity index (χ0v) is 33.9. The van der Waals surface area contributed by atoms with Crippen molar-refractivity contribution in [1.29, 1.82) is 0 Å². The number of aliphatic hydroxyl groups is 1. The number of hydrogen-bond donors (Lipinski definition) is 4. The minimum absolute atomic E-state index is 0.00735. The molecule has 4 aliphatic heterocycles. The van der Waals surface area contributed by atoms with Gasteiger partial charge in [0.25, 0.3) is 0 Å². The van der Waals surface area contributed by atoms with Crippen molar-refractivity contribution in [3.8, 4) is 17.2 Å². The zero-order chi connectivity index (χ0) is 42.4. The van der Waals surface area contributed by atoms with E-state index in [4.69, 9.17) is 37.9 Å². The van der Waals surface area contributed by atoms with Gasteiger partial charge in [0, 0.05) is 42.9 Å². The van der Waals surface area contributed by atoms with Crippen LogP contribution in [0.15, 0.2) is 18.2 Å². The quantitative estimate of drug-likeness (QED) is 0.198. The van der Waals surface area contributed by atoms with Crippen molar-refractivity contribution in [2.75, 3.05) is 21.2 Å². The van der Waals surface area contributed by atoms with Crippen LogP contribution < -0.4 is 0 Å². The van der Waals surface area contributed by atoms with Gasteiger partial charge in [-0.05, 0) is 65.0 Å². The van der Waals surface area contributed by atoms with Gasteiger partial charge in [-0.2, -0.15) is 0 Å². The topological polar surface area (TPSA) is 226 Å². The fourth-order valence-electron chi connectivity index (χ4n) is 9.77. The number of carbonyl (C=O) groups is 4. The summed E-state index contributed by atoms with van der Waals surface area (Å²) in [4.78, 5) is 55.7. The summed E-state index contributed by atoms with van der Waals surface area (Å²) in [7, 11) is 4.92. The van der Waals surface area contributed by atoms with Crippen molar-refractivity contribution in [2.45, 2.75) is 145 Å². The average molecular weight is 826 g/mol. The molecule has 8 rings (SSSR count). The van der Waals surface area contributed by atoms with Gasteiger partial charge in [0.1, 0.15) is 47.6 Å². The number of esters is 1. The van der Waals surface area contributed by atoms with Crippen LogP contribution in [-0.2, 0) is 47.5 Å². The van der Waals surface area contributed by atoms with E-state index in [0.717, 1.165) is 19.2 Å². The summed E-state index contributed by atoms with van der Waals surface area (Å²) in [5.41, 5.74) is -3.51. The largest absolute Gasteiger partial charge is 0.507 e. The number of likely N-dealkylation sites (N-methyl/N-ethyl adjacent to an activating group) is 1. The summed E-state index contributed by atoms with van der Waals surface area (Å²) in [6, 6.07) is 3.08. The molecule has 2 aromatic carbocycles. The van der Waals surface area contributed by atoms with Crippen molar-refractivity contribution in [3.63, 3.8) is 0 Å². The number of Topliss-reactive ketones (excluding diaryl/α,β-unsaturated/α-hetero) is 1. The molecule has 0 saturated carbocycles. The van der Waals surface area contributed by atoms with Crippen LogP contribution in [0.1, 0.15) is 115 Å². The van der Waals surface area contributed by atoms with Crippen molar-refractivity contribution in [2.24, 2.45) is 0 Å². The predicted molar refractivity (Wildman–Crippen MR) is 201 cm³/mol. The number of fused-ring (bicyclic) bond motifs is 5. The second kappa shape index (κ2) is 15.5. The Labute approximate surface area is 340 Å². The highest BCUT2D eigenvalue weighted by Gasteiger charge is 2.55. The van der Waals surface area contributed by atoms with Gasteiger partial charge in [-0.3, -0.25) is 19.2 Å². The van der Waals surface area contributed by atoms with Crippen molar-refractivity contribution < 1.29 is 77.5 Å². The first kappa shape index (κ1) is 41.7. The van der Waals surface area contributed by atoms with E-state index in [1.807, 2.05) is 32.8 Å². The normalized spacial score (nSPS) is 37.8. The third kappa shape index (κ3) is 6.93. The van der Waals surface area contributed by atoms with E-state index in [0.29, 0.717) is 6.42 Å². The second-order valence-corrected chi connectivity index (χ2v) is 16.7. The molecule has 17 nitrogen and oxygen atoms in total. The molecular weight excluding hydrogens is 774 g/mol. The number of methoxy groups -OCH3 is 1. The Morgan fingerprint density at radius 2 is 1.53 bits per heavy atom. The van der Waals surface area contributed by atoms with Crippen LogP contribution in [0.2, 0.25) is 0 Å². The van der Waals surface area contributed by atoms with E-state index in [-0.39, 0.29) is 54.2 Å². The van der Waals surface area contributed by atoms with Crippen LogP contribution in [0, 0.1) is 0 Å². The molecule has 0 unspecified atom stereocenters.